The molecular weight excluding hydrogens is 228 g/mol. The van der Waals surface area contributed by atoms with Gasteiger partial charge in [0.05, 0.1) is 0 Å². The second-order valence-corrected chi connectivity index (χ2v) is 5.75. The van der Waals surface area contributed by atoms with Gasteiger partial charge in [-0.05, 0) is 44.1 Å². The lowest BCUT2D eigenvalue weighted by Crippen LogP contribution is -2.47. The van der Waals surface area contributed by atoms with Gasteiger partial charge >= 0.3 is 0 Å². The standard InChI is InChI=1S/C14H26N2O2/c1-11-3-2-7-15-13(11)9-16-14(17)5-4-12-6-8-18-10-12/h11-13,15H,2-10H2,1H3,(H,16,17)/t11-,12-,13+/m1/s1. The van der Waals surface area contributed by atoms with Gasteiger partial charge in [0.1, 0.15) is 0 Å². The lowest BCUT2D eigenvalue weighted by Gasteiger charge is -2.30. The Bertz CT molecular complexity index is 265. The summed E-state index contributed by atoms with van der Waals surface area (Å²) in [5.41, 5.74) is 0. The van der Waals surface area contributed by atoms with Crippen LogP contribution < -0.4 is 10.6 Å². The van der Waals surface area contributed by atoms with Crippen LogP contribution in [0.1, 0.15) is 39.0 Å². The number of carbonyl (C=O) groups is 1. The monoisotopic (exact) mass is 254 g/mol. The van der Waals surface area contributed by atoms with Crippen LogP contribution in [0.15, 0.2) is 0 Å². The fourth-order valence-electron chi connectivity index (χ4n) is 2.85. The Kier molecular flexibility index (Phi) is 5.45. The van der Waals surface area contributed by atoms with E-state index in [1.165, 1.54) is 12.8 Å². The minimum atomic E-state index is 0.196. The average Bonchev–Trinajstić information content (AvgIpc) is 2.88. The van der Waals surface area contributed by atoms with Gasteiger partial charge in [-0.15, -0.1) is 0 Å². The van der Waals surface area contributed by atoms with Gasteiger partial charge in [0, 0.05) is 32.2 Å². The molecule has 0 saturated carbocycles. The third-order valence-corrected chi connectivity index (χ3v) is 4.25. The largest absolute Gasteiger partial charge is 0.381 e. The van der Waals surface area contributed by atoms with Crippen LogP contribution in [0.5, 0.6) is 0 Å². The molecule has 0 spiro atoms. The summed E-state index contributed by atoms with van der Waals surface area (Å²) in [4.78, 5) is 11.8. The third-order valence-electron chi connectivity index (χ3n) is 4.25. The highest BCUT2D eigenvalue weighted by atomic mass is 16.5. The zero-order valence-electron chi connectivity index (χ0n) is 11.4. The predicted octanol–water partition coefficient (Wildman–Crippen LogP) is 1.31. The lowest BCUT2D eigenvalue weighted by molar-refractivity contribution is -0.121. The topological polar surface area (TPSA) is 50.4 Å². The SMILES string of the molecule is C[C@@H]1CCCN[C@H]1CNC(=O)CC[C@@H]1CCOC1. The van der Waals surface area contributed by atoms with Crippen LogP contribution in [0, 0.1) is 11.8 Å². The molecule has 4 heteroatoms. The molecule has 18 heavy (non-hydrogen) atoms. The maximum absolute atomic E-state index is 11.8. The van der Waals surface area contributed by atoms with E-state index in [4.69, 9.17) is 4.74 Å². The Hall–Kier alpha value is -0.610. The Balaban J connectivity index is 1.58. The molecule has 2 rings (SSSR count). The van der Waals surface area contributed by atoms with E-state index in [-0.39, 0.29) is 5.91 Å². The Morgan fingerprint density at radius 2 is 2.33 bits per heavy atom. The van der Waals surface area contributed by atoms with E-state index in [9.17, 15) is 4.79 Å². The van der Waals surface area contributed by atoms with Crippen LogP contribution in [0.4, 0.5) is 0 Å². The molecule has 2 aliphatic heterocycles. The van der Waals surface area contributed by atoms with Gasteiger partial charge in [-0.3, -0.25) is 4.79 Å². The molecule has 0 aromatic heterocycles. The maximum atomic E-state index is 11.8. The van der Waals surface area contributed by atoms with E-state index in [1.54, 1.807) is 0 Å². The molecule has 2 saturated heterocycles. The molecule has 2 N–H and O–H groups in total. The van der Waals surface area contributed by atoms with Crippen molar-refractivity contribution in [3.63, 3.8) is 0 Å². The first kappa shape index (κ1) is 13.8. The summed E-state index contributed by atoms with van der Waals surface area (Å²) in [6.45, 7) is 5.84. The Morgan fingerprint density at radius 1 is 1.44 bits per heavy atom. The second-order valence-electron chi connectivity index (χ2n) is 5.75. The first-order chi connectivity index (χ1) is 8.75. The number of ether oxygens (including phenoxy) is 1. The second kappa shape index (κ2) is 7.10. The summed E-state index contributed by atoms with van der Waals surface area (Å²) in [6, 6.07) is 0.456. The number of rotatable bonds is 5. The zero-order chi connectivity index (χ0) is 12.8. The van der Waals surface area contributed by atoms with Crippen molar-refractivity contribution in [2.75, 3.05) is 26.3 Å². The first-order valence-corrected chi connectivity index (χ1v) is 7.33. The number of piperidine rings is 1. The highest BCUT2D eigenvalue weighted by molar-refractivity contribution is 5.75. The van der Waals surface area contributed by atoms with Crippen molar-refractivity contribution < 1.29 is 9.53 Å². The van der Waals surface area contributed by atoms with Gasteiger partial charge in [0.2, 0.25) is 5.91 Å². The molecule has 0 aliphatic carbocycles. The number of nitrogens with one attached hydrogen (secondary N) is 2. The van der Waals surface area contributed by atoms with Gasteiger partial charge in [0.25, 0.3) is 0 Å². The fourth-order valence-corrected chi connectivity index (χ4v) is 2.85. The molecule has 0 radical (unpaired) electrons. The summed E-state index contributed by atoms with van der Waals surface area (Å²) < 4.78 is 5.32. The predicted molar refractivity (Wildman–Crippen MR) is 71.4 cm³/mol. The van der Waals surface area contributed by atoms with Crippen LogP contribution >= 0.6 is 0 Å². The number of hydrogen-bond acceptors (Lipinski definition) is 3. The summed E-state index contributed by atoms with van der Waals surface area (Å²) in [5, 5.41) is 6.55. The summed E-state index contributed by atoms with van der Waals surface area (Å²) in [6.07, 6.45) is 5.27. The van der Waals surface area contributed by atoms with E-state index >= 15 is 0 Å². The van der Waals surface area contributed by atoms with Crippen molar-refractivity contribution in [1.82, 2.24) is 10.6 Å². The highest BCUT2D eigenvalue weighted by Crippen LogP contribution is 2.18. The molecule has 104 valence electrons. The molecule has 0 aromatic carbocycles. The quantitative estimate of drug-likeness (QED) is 0.777. The normalized spacial score (nSPS) is 32.4. The number of carbonyl (C=O) groups excluding carboxylic acids is 1. The smallest absolute Gasteiger partial charge is 0.220 e. The first-order valence-electron chi connectivity index (χ1n) is 7.33. The van der Waals surface area contributed by atoms with Gasteiger partial charge in [-0.1, -0.05) is 6.92 Å². The zero-order valence-corrected chi connectivity index (χ0v) is 11.4. The van der Waals surface area contributed by atoms with Gasteiger partial charge in [0.15, 0.2) is 0 Å². The van der Waals surface area contributed by atoms with Crippen molar-refractivity contribution >= 4 is 5.91 Å². The lowest BCUT2D eigenvalue weighted by atomic mass is 9.93. The summed E-state index contributed by atoms with van der Waals surface area (Å²) in [5.74, 6) is 1.46. The number of amides is 1. The van der Waals surface area contributed by atoms with Crippen LogP contribution in [0.3, 0.4) is 0 Å². The van der Waals surface area contributed by atoms with Gasteiger partial charge in [-0.2, -0.15) is 0 Å². The van der Waals surface area contributed by atoms with Crippen LogP contribution in [-0.2, 0) is 9.53 Å². The van der Waals surface area contributed by atoms with Crippen LogP contribution in [0.2, 0.25) is 0 Å². The molecule has 2 aliphatic rings. The van der Waals surface area contributed by atoms with E-state index in [0.717, 1.165) is 39.1 Å². The van der Waals surface area contributed by atoms with Crippen molar-refractivity contribution in [3.8, 4) is 0 Å². The van der Waals surface area contributed by atoms with Gasteiger partial charge < -0.3 is 15.4 Å². The molecule has 3 atom stereocenters. The average molecular weight is 254 g/mol. The molecule has 0 bridgehead atoms. The summed E-state index contributed by atoms with van der Waals surface area (Å²) >= 11 is 0. The van der Waals surface area contributed by atoms with Crippen LogP contribution in [0.25, 0.3) is 0 Å². The molecule has 4 nitrogen and oxygen atoms in total. The van der Waals surface area contributed by atoms with Crippen molar-refractivity contribution in [2.45, 2.75) is 45.1 Å². The third kappa shape index (κ3) is 4.25. The van der Waals surface area contributed by atoms with E-state index in [1.807, 2.05) is 0 Å². The molecule has 0 aromatic rings. The number of hydrogen-bond donors (Lipinski definition) is 2. The molecule has 2 heterocycles. The maximum Gasteiger partial charge on any atom is 0.220 e. The Labute approximate surface area is 110 Å². The molecule has 0 unspecified atom stereocenters. The molecule has 2 fully saturated rings. The summed E-state index contributed by atoms with van der Waals surface area (Å²) in [7, 11) is 0. The minimum Gasteiger partial charge on any atom is -0.381 e. The molecule has 1 amide bonds. The Morgan fingerprint density at radius 3 is 3.06 bits per heavy atom. The van der Waals surface area contributed by atoms with E-state index in [0.29, 0.717) is 24.3 Å². The molecular formula is C14H26N2O2. The fraction of sp³-hybridized carbons (Fsp3) is 0.929. The van der Waals surface area contributed by atoms with Crippen molar-refractivity contribution in [3.05, 3.63) is 0 Å². The minimum absolute atomic E-state index is 0.196. The van der Waals surface area contributed by atoms with Crippen molar-refractivity contribution in [2.24, 2.45) is 11.8 Å². The van der Waals surface area contributed by atoms with Crippen LogP contribution in [-0.4, -0.2) is 38.3 Å². The van der Waals surface area contributed by atoms with E-state index < -0.39 is 0 Å². The highest BCUT2D eigenvalue weighted by Gasteiger charge is 2.21. The van der Waals surface area contributed by atoms with E-state index in [2.05, 4.69) is 17.6 Å². The van der Waals surface area contributed by atoms with Gasteiger partial charge in [-0.25, -0.2) is 0 Å². The van der Waals surface area contributed by atoms with Crippen molar-refractivity contribution in [1.29, 1.82) is 0 Å².